The van der Waals surface area contributed by atoms with Crippen LogP contribution in [0.3, 0.4) is 0 Å². The Morgan fingerprint density at radius 1 is 0.709 bits per heavy atom. The van der Waals surface area contributed by atoms with Crippen molar-refractivity contribution in [1.82, 2.24) is 15.1 Å². The van der Waals surface area contributed by atoms with Gasteiger partial charge in [0, 0.05) is 31.6 Å². The third-order valence-electron chi connectivity index (χ3n) is 9.92. The summed E-state index contributed by atoms with van der Waals surface area (Å²) in [4.78, 5) is 42.1. The molecule has 55 heavy (non-hydrogen) atoms. The standard InChI is InChI=1S/C45H45N3O7/c49-30-35-18-20-37(21-19-35)41-24-39(29-47(26-32-10-4-1-5-11-32)27-33-12-6-2-7-13-33)54-44(55-41)38-22-16-34(17-23-38)28-48-42(50)25-40(43(48)51)46-45(52)53-31-36-14-8-3-9-15-36/h1-23,39-41,44,49H,24-31H2,(H,46,52)/t39-,40?,41+,44+/m0/s1. The number of aliphatic hydroxyl groups excluding tert-OH is 1. The first kappa shape index (κ1) is 37.7. The molecule has 282 valence electrons. The van der Waals surface area contributed by atoms with Gasteiger partial charge in [0.15, 0.2) is 6.29 Å². The number of alkyl carbamates (subject to hydrolysis) is 1. The summed E-state index contributed by atoms with van der Waals surface area (Å²) in [5.74, 6) is -0.840. The third-order valence-corrected chi connectivity index (χ3v) is 9.92. The van der Waals surface area contributed by atoms with Crippen LogP contribution < -0.4 is 5.32 Å². The van der Waals surface area contributed by atoms with Crippen LogP contribution in [0.4, 0.5) is 4.79 Å². The lowest BCUT2D eigenvalue weighted by molar-refractivity contribution is -0.253. The Morgan fingerprint density at radius 3 is 1.87 bits per heavy atom. The number of hydrogen-bond acceptors (Lipinski definition) is 8. The number of carbonyl (C=O) groups is 3. The second-order valence-electron chi connectivity index (χ2n) is 14.0. The number of hydrogen-bond donors (Lipinski definition) is 2. The summed E-state index contributed by atoms with van der Waals surface area (Å²) in [6.45, 7) is 2.27. The predicted molar refractivity (Wildman–Crippen MR) is 206 cm³/mol. The van der Waals surface area contributed by atoms with E-state index in [9.17, 15) is 19.5 Å². The van der Waals surface area contributed by atoms with Gasteiger partial charge in [-0.1, -0.05) is 140 Å². The lowest BCUT2D eigenvalue weighted by atomic mass is 9.99. The van der Waals surface area contributed by atoms with Crippen LogP contribution >= 0.6 is 0 Å². The molecule has 2 saturated heterocycles. The fraction of sp³-hybridized carbons (Fsp3) is 0.267. The molecular weight excluding hydrogens is 695 g/mol. The molecule has 2 fully saturated rings. The molecule has 0 radical (unpaired) electrons. The Kier molecular flexibility index (Phi) is 12.4. The van der Waals surface area contributed by atoms with E-state index in [-0.39, 0.29) is 44.3 Å². The summed E-state index contributed by atoms with van der Waals surface area (Å²) < 4.78 is 18.6. The average Bonchev–Trinajstić information content (AvgIpc) is 3.48. The van der Waals surface area contributed by atoms with Crippen LogP contribution in [0.2, 0.25) is 0 Å². The molecule has 0 spiro atoms. The predicted octanol–water partition coefficient (Wildman–Crippen LogP) is 6.98. The van der Waals surface area contributed by atoms with Gasteiger partial charge in [-0.15, -0.1) is 0 Å². The molecule has 5 aromatic carbocycles. The van der Waals surface area contributed by atoms with Gasteiger partial charge in [0.1, 0.15) is 12.6 Å². The molecule has 2 N–H and O–H groups in total. The molecular formula is C45H45N3O7. The fourth-order valence-corrected chi connectivity index (χ4v) is 7.02. The normalized spacial score (nSPS) is 19.8. The zero-order valence-corrected chi connectivity index (χ0v) is 30.5. The van der Waals surface area contributed by atoms with Crippen molar-refractivity contribution in [1.29, 1.82) is 0 Å². The minimum absolute atomic E-state index is 0.0342. The van der Waals surface area contributed by atoms with Gasteiger partial charge in [0.05, 0.1) is 31.8 Å². The number of carbonyl (C=O) groups excluding carboxylic acids is 3. The van der Waals surface area contributed by atoms with Crippen LogP contribution in [0.15, 0.2) is 140 Å². The average molecular weight is 740 g/mol. The zero-order chi connectivity index (χ0) is 38.0. The maximum Gasteiger partial charge on any atom is 0.408 e. The molecule has 1 unspecified atom stereocenters. The Balaban J connectivity index is 1.03. The molecule has 2 aliphatic rings. The number of nitrogens with one attached hydrogen (secondary N) is 1. The maximum absolute atomic E-state index is 13.2. The van der Waals surface area contributed by atoms with Gasteiger partial charge in [0.2, 0.25) is 5.91 Å². The van der Waals surface area contributed by atoms with Crippen molar-refractivity contribution in [3.8, 4) is 0 Å². The first-order chi connectivity index (χ1) is 26.9. The van der Waals surface area contributed by atoms with Crippen molar-refractivity contribution in [2.45, 2.75) is 70.2 Å². The molecule has 0 aromatic heterocycles. The number of benzene rings is 5. The first-order valence-electron chi connectivity index (χ1n) is 18.6. The van der Waals surface area contributed by atoms with Crippen molar-refractivity contribution >= 4 is 17.9 Å². The largest absolute Gasteiger partial charge is 0.445 e. The number of aliphatic hydroxyl groups is 1. The van der Waals surface area contributed by atoms with E-state index in [1.807, 2.05) is 91.0 Å². The van der Waals surface area contributed by atoms with E-state index in [0.29, 0.717) is 13.0 Å². The van der Waals surface area contributed by atoms with E-state index >= 15 is 0 Å². The van der Waals surface area contributed by atoms with Crippen LogP contribution in [-0.4, -0.2) is 51.5 Å². The van der Waals surface area contributed by atoms with Crippen molar-refractivity contribution in [3.63, 3.8) is 0 Å². The third kappa shape index (κ3) is 10.1. The summed E-state index contributed by atoms with van der Waals surface area (Å²) in [7, 11) is 0. The molecule has 5 aromatic rings. The van der Waals surface area contributed by atoms with Crippen LogP contribution in [0.1, 0.15) is 64.2 Å². The molecule has 10 heteroatoms. The van der Waals surface area contributed by atoms with Crippen LogP contribution in [0.5, 0.6) is 0 Å². The number of imide groups is 1. The summed E-state index contributed by atoms with van der Waals surface area (Å²) in [5, 5.41) is 12.2. The van der Waals surface area contributed by atoms with E-state index in [1.54, 1.807) is 0 Å². The maximum atomic E-state index is 13.2. The summed E-state index contributed by atoms with van der Waals surface area (Å²) in [6, 6.07) is 44.4. The summed E-state index contributed by atoms with van der Waals surface area (Å²) in [5.41, 5.74) is 6.64. The van der Waals surface area contributed by atoms with Crippen LogP contribution in [0.25, 0.3) is 0 Å². The quantitative estimate of drug-likeness (QED) is 0.117. The Hall–Kier alpha value is -5.65. The van der Waals surface area contributed by atoms with Crippen LogP contribution in [-0.2, 0) is 56.6 Å². The number of rotatable bonds is 14. The monoisotopic (exact) mass is 739 g/mol. The highest BCUT2D eigenvalue weighted by atomic mass is 16.7. The van der Waals surface area contributed by atoms with E-state index in [4.69, 9.17) is 14.2 Å². The molecule has 0 saturated carbocycles. The first-order valence-corrected chi connectivity index (χ1v) is 18.6. The highest BCUT2D eigenvalue weighted by Crippen LogP contribution is 2.38. The van der Waals surface area contributed by atoms with Gasteiger partial charge < -0.3 is 24.6 Å². The Labute approximate surface area is 321 Å². The lowest BCUT2D eigenvalue weighted by Gasteiger charge is -2.38. The van der Waals surface area contributed by atoms with Crippen molar-refractivity contribution in [3.05, 3.63) is 178 Å². The minimum Gasteiger partial charge on any atom is -0.445 e. The number of ether oxygens (including phenoxy) is 3. The smallest absolute Gasteiger partial charge is 0.408 e. The van der Waals surface area contributed by atoms with E-state index in [0.717, 1.165) is 40.9 Å². The highest BCUT2D eigenvalue weighted by Gasteiger charge is 2.40. The zero-order valence-electron chi connectivity index (χ0n) is 30.5. The van der Waals surface area contributed by atoms with Crippen molar-refractivity contribution in [2.24, 2.45) is 0 Å². The molecule has 3 amide bonds. The molecule has 7 rings (SSSR count). The Bertz CT molecular complexity index is 1970. The van der Waals surface area contributed by atoms with E-state index in [2.05, 4.69) is 58.7 Å². The van der Waals surface area contributed by atoms with Crippen molar-refractivity contribution in [2.75, 3.05) is 6.54 Å². The highest BCUT2D eigenvalue weighted by molar-refractivity contribution is 6.06. The summed E-state index contributed by atoms with van der Waals surface area (Å²) in [6.07, 6.45) is -1.34. The van der Waals surface area contributed by atoms with E-state index < -0.39 is 24.3 Å². The van der Waals surface area contributed by atoms with Gasteiger partial charge in [-0.2, -0.15) is 0 Å². The molecule has 10 nitrogen and oxygen atoms in total. The van der Waals surface area contributed by atoms with Gasteiger partial charge in [0.25, 0.3) is 5.91 Å². The fourth-order valence-electron chi connectivity index (χ4n) is 7.02. The van der Waals surface area contributed by atoms with E-state index in [1.165, 1.54) is 16.0 Å². The number of amides is 3. The van der Waals surface area contributed by atoms with Gasteiger partial charge >= 0.3 is 6.09 Å². The molecule has 2 aliphatic heterocycles. The molecule has 0 aliphatic carbocycles. The minimum atomic E-state index is -0.984. The van der Waals surface area contributed by atoms with Gasteiger partial charge in [-0.3, -0.25) is 19.4 Å². The summed E-state index contributed by atoms with van der Waals surface area (Å²) >= 11 is 0. The molecule has 4 atom stereocenters. The number of likely N-dealkylation sites (tertiary alicyclic amines) is 1. The lowest BCUT2D eigenvalue weighted by Crippen LogP contribution is -2.41. The van der Waals surface area contributed by atoms with Gasteiger partial charge in [-0.05, 0) is 33.4 Å². The Morgan fingerprint density at radius 2 is 1.27 bits per heavy atom. The number of nitrogens with zero attached hydrogens (tertiary/aromatic N) is 2. The molecule has 0 bridgehead atoms. The molecule has 2 heterocycles. The van der Waals surface area contributed by atoms with Crippen molar-refractivity contribution < 1.29 is 33.7 Å². The SMILES string of the molecule is O=C(NC1CC(=O)N(Cc2ccc([C@@H]3O[C@H](CN(Cc4ccccc4)Cc4ccccc4)C[C@H](c4ccc(CO)cc4)O3)cc2)C1=O)OCc1ccccc1. The van der Waals surface area contributed by atoms with Crippen LogP contribution in [0, 0.1) is 0 Å². The van der Waals surface area contributed by atoms with Gasteiger partial charge in [-0.25, -0.2) is 4.79 Å². The second kappa shape index (κ2) is 18.1. The topological polar surface area (TPSA) is 118 Å². The second-order valence-corrected chi connectivity index (χ2v) is 14.0.